The van der Waals surface area contributed by atoms with Gasteiger partial charge in [-0.25, -0.2) is 0 Å². The average molecular weight is 243 g/mol. The summed E-state index contributed by atoms with van der Waals surface area (Å²) in [7, 11) is 0. The Labute approximate surface area is 106 Å². The van der Waals surface area contributed by atoms with Crippen molar-refractivity contribution in [1.82, 2.24) is 4.57 Å². The highest BCUT2D eigenvalue weighted by molar-refractivity contribution is 5.25. The van der Waals surface area contributed by atoms with Crippen LogP contribution < -0.4 is 5.43 Å². The number of rotatable bonds is 4. The van der Waals surface area contributed by atoms with Gasteiger partial charge in [-0.15, -0.1) is 0 Å². The Balaban J connectivity index is 1.99. The first-order valence-electron chi connectivity index (χ1n) is 6.11. The fourth-order valence-corrected chi connectivity index (χ4v) is 2.00. The summed E-state index contributed by atoms with van der Waals surface area (Å²) in [5.41, 5.74) is 1.63. The van der Waals surface area contributed by atoms with E-state index in [9.17, 15) is 9.90 Å². The number of nitrogens with zero attached hydrogens (tertiary/aromatic N) is 1. The van der Waals surface area contributed by atoms with Gasteiger partial charge in [-0.1, -0.05) is 30.3 Å². The van der Waals surface area contributed by atoms with E-state index in [4.69, 9.17) is 0 Å². The smallest absolute Gasteiger partial charge is 0.223 e. The molecule has 0 saturated heterocycles. The molecule has 0 amide bonds. The number of aromatic nitrogens is 1. The van der Waals surface area contributed by atoms with Gasteiger partial charge < -0.3 is 9.67 Å². The third-order valence-corrected chi connectivity index (χ3v) is 3.12. The first kappa shape index (κ1) is 12.4. The largest absolute Gasteiger partial charge is 0.503 e. The predicted molar refractivity (Wildman–Crippen MR) is 71.9 cm³/mol. The molecule has 3 heteroatoms. The lowest BCUT2D eigenvalue weighted by Crippen LogP contribution is -2.10. The highest BCUT2D eigenvalue weighted by Crippen LogP contribution is 2.11. The van der Waals surface area contributed by atoms with Gasteiger partial charge in [0.2, 0.25) is 5.43 Å². The number of hydrogen-bond acceptors (Lipinski definition) is 2. The van der Waals surface area contributed by atoms with Crippen molar-refractivity contribution in [2.24, 2.45) is 0 Å². The molecule has 0 aliphatic heterocycles. The van der Waals surface area contributed by atoms with Gasteiger partial charge in [0.1, 0.15) is 0 Å². The van der Waals surface area contributed by atoms with Crippen molar-refractivity contribution in [1.29, 1.82) is 0 Å². The van der Waals surface area contributed by atoms with Crippen molar-refractivity contribution in [3.8, 4) is 5.75 Å². The summed E-state index contributed by atoms with van der Waals surface area (Å²) < 4.78 is 1.92. The Bertz CT molecular complexity index is 573. The molecule has 1 heterocycles. The first-order valence-corrected chi connectivity index (χ1v) is 6.11. The molecule has 0 unspecified atom stereocenters. The van der Waals surface area contributed by atoms with Gasteiger partial charge in [0.15, 0.2) is 5.75 Å². The molecule has 0 saturated carbocycles. The molecular weight excluding hydrogens is 226 g/mol. The van der Waals surface area contributed by atoms with Crippen LogP contribution in [0.1, 0.15) is 17.7 Å². The highest BCUT2D eigenvalue weighted by Gasteiger charge is 2.04. The summed E-state index contributed by atoms with van der Waals surface area (Å²) >= 11 is 0. The SMILES string of the molecule is Cc1c(O)c(=O)ccn1CCCc1ccccc1. The van der Waals surface area contributed by atoms with E-state index in [1.54, 1.807) is 13.1 Å². The molecule has 2 aromatic rings. The van der Waals surface area contributed by atoms with Crippen LogP contribution in [-0.2, 0) is 13.0 Å². The molecule has 3 nitrogen and oxygen atoms in total. The minimum atomic E-state index is -0.313. The van der Waals surface area contributed by atoms with E-state index < -0.39 is 0 Å². The summed E-state index contributed by atoms with van der Waals surface area (Å²) in [6.45, 7) is 2.56. The molecule has 0 aliphatic carbocycles. The Morgan fingerprint density at radius 1 is 1.17 bits per heavy atom. The van der Waals surface area contributed by atoms with Crippen molar-refractivity contribution in [3.05, 3.63) is 64.1 Å². The highest BCUT2D eigenvalue weighted by atomic mass is 16.3. The number of aromatic hydroxyl groups is 1. The predicted octanol–water partition coefficient (Wildman–Crippen LogP) is 2.50. The van der Waals surface area contributed by atoms with Crippen LogP contribution in [0.4, 0.5) is 0 Å². The topological polar surface area (TPSA) is 42.2 Å². The maximum atomic E-state index is 11.2. The summed E-state index contributed by atoms with van der Waals surface area (Å²) in [5, 5.41) is 9.57. The van der Waals surface area contributed by atoms with E-state index in [1.807, 2.05) is 22.8 Å². The molecule has 0 fully saturated rings. The van der Waals surface area contributed by atoms with Crippen LogP contribution in [0.2, 0.25) is 0 Å². The fraction of sp³-hybridized carbons (Fsp3) is 0.267. The minimum Gasteiger partial charge on any atom is -0.503 e. The number of aryl methyl sites for hydroxylation is 2. The lowest BCUT2D eigenvalue weighted by molar-refractivity contribution is 0.451. The maximum absolute atomic E-state index is 11.2. The standard InChI is InChI=1S/C15H17NO2/c1-12-15(18)14(17)9-11-16(12)10-5-8-13-6-3-2-4-7-13/h2-4,6-7,9,11,18H,5,8,10H2,1H3. The van der Waals surface area contributed by atoms with Crippen LogP contribution in [0.5, 0.6) is 5.75 Å². The molecule has 18 heavy (non-hydrogen) atoms. The third kappa shape index (κ3) is 2.80. The zero-order chi connectivity index (χ0) is 13.0. The summed E-state index contributed by atoms with van der Waals surface area (Å²) in [4.78, 5) is 11.2. The summed E-state index contributed by atoms with van der Waals surface area (Å²) in [6.07, 6.45) is 3.71. The van der Waals surface area contributed by atoms with Gasteiger partial charge in [0.25, 0.3) is 0 Å². The average Bonchev–Trinajstić information content (AvgIpc) is 2.40. The van der Waals surface area contributed by atoms with Gasteiger partial charge in [-0.05, 0) is 25.3 Å². The van der Waals surface area contributed by atoms with Crippen molar-refractivity contribution in [2.45, 2.75) is 26.3 Å². The van der Waals surface area contributed by atoms with E-state index in [0.717, 1.165) is 19.4 Å². The second-order valence-electron chi connectivity index (χ2n) is 4.40. The second-order valence-corrected chi connectivity index (χ2v) is 4.40. The number of hydrogen-bond donors (Lipinski definition) is 1. The fourth-order valence-electron chi connectivity index (χ4n) is 2.00. The van der Waals surface area contributed by atoms with Crippen LogP contribution in [-0.4, -0.2) is 9.67 Å². The zero-order valence-corrected chi connectivity index (χ0v) is 10.5. The lowest BCUT2D eigenvalue weighted by atomic mass is 10.1. The van der Waals surface area contributed by atoms with E-state index in [1.165, 1.54) is 11.6 Å². The molecule has 0 spiro atoms. The monoisotopic (exact) mass is 243 g/mol. The molecule has 0 radical (unpaired) electrons. The van der Waals surface area contributed by atoms with Crippen molar-refractivity contribution < 1.29 is 5.11 Å². The Morgan fingerprint density at radius 2 is 1.89 bits per heavy atom. The number of pyridine rings is 1. The van der Waals surface area contributed by atoms with Crippen LogP contribution in [0, 0.1) is 6.92 Å². The number of benzene rings is 1. The molecule has 1 aromatic heterocycles. The molecule has 1 N–H and O–H groups in total. The molecular formula is C15H17NO2. The Hall–Kier alpha value is -2.03. The zero-order valence-electron chi connectivity index (χ0n) is 10.5. The van der Waals surface area contributed by atoms with Gasteiger partial charge in [-0.3, -0.25) is 4.79 Å². The lowest BCUT2D eigenvalue weighted by Gasteiger charge is -2.11. The second kappa shape index (κ2) is 5.54. The summed E-state index contributed by atoms with van der Waals surface area (Å²) in [5.74, 6) is -0.141. The minimum absolute atomic E-state index is 0.141. The van der Waals surface area contributed by atoms with Crippen molar-refractivity contribution >= 4 is 0 Å². The summed E-state index contributed by atoms with van der Waals surface area (Å²) in [6, 6.07) is 11.7. The van der Waals surface area contributed by atoms with E-state index >= 15 is 0 Å². The van der Waals surface area contributed by atoms with Crippen LogP contribution in [0.25, 0.3) is 0 Å². The van der Waals surface area contributed by atoms with Crippen molar-refractivity contribution in [2.75, 3.05) is 0 Å². The Kier molecular flexibility index (Phi) is 3.82. The van der Waals surface area contributed by atoms with E-state index in [2.05, 4.69) is 12.1 Å². The molecule has 0 bridgehead atoms. The Morgan fingerprint density at radius 3 is 2.61 bits per heavy atom. The van der Waals surface area contributed by atoms with E-state index in [0.29, 0.717) is 5.69 Å². The van der Waals surface area contributed by atoms with Crippen LogP contribution >= 0.6 is 0 Å². The van der Waals surface area contributed by atoms with Gasteiger partial charge in [-0.2, -0.15) is 0 Å². The van der Waals surface area contributed by atoms with Gasteiger partial charge >= 0.3 is 0 Å². The van der Waals surface area contributed by atoms with Gasteiger partial charge in [0, 0.05) is 18.8 Å². The molecule has 2 rings (SSSR count). The van der Waals surface area contributed by atoms with Gasteiger partial charge in [0.05, 0.1) is 5.69 Å². The van der Waals surface area contributed by atoms with E-state index in [-0.39, 0.29) is 11.2 Å². The normalized spacial score (nSPS) is 10.5. The first-order chi connectivity index (χ1) is 8.68. The third-order valence-electron chi connectivity index (χ3n) is 3.12. The molecule has 0 atom stereocenters. The molecule has 1 aromatic carbocycles. The van der Waals surface area contributed by atoms with Crippen molar-refractivity contribution in [3.63, 3.8) is 0 Å². The van der Waals surface area contributed by atoms with Crippen LogP contribution in [0.3, 0.4) is 0 Å². The maximum Gasteiger partial charge on any atom is 0.223 e. The quantitative estimate of drug-likeness (QED) is 0.896. The molecule has 94 valence electrons. The van der Waals surface area contributed by atoms with Crippen LogP contribution in [0.15, 0.2) is 47.4 Å². The molecule has 0 aliphatic rings.